The molecule has 0 bridgehead atoms. The summed E-state index contributed by atoms with van der Waals surface area (Å²) < 4.78 is 2.48. The first-order chi connectivity index (χ1) is 21.0. The van der Waals surface area contributed by atoms with Gasteiger partial charge in [-0.15, -0.1) is 0 Å². The van der Waals surface area contributed by atoms with Crippen molar-refractivity contribution < 1.29 is 0 Å². The van der Waals surface area contributed by atoms with E-state index in [1.807, 2.05) is 0 Å². The molecule has 7 rings (SSSR count). The first kappa shape index (κ1) is 28.2. The minimum Gasteiger partial charge on any atom is -0.414 e. The van der Waals surface area contributed by atoms with Gasteiger partial charge in [-0.2, -0.15) is 0 Å². The van der Waals surface area contributed by atoms with Gasteiger partial charge in [-0.25, -0.2) is 4.98 Å². The summed E-state index contributed by atoms with van der Waals surface area (Å²) in [4.78, 5) is 7.84. The second kappa shape index (κ2) is 10.3. The maximum Gasteiger partial charge on any atom is 0.344 e. The van der Waals surface area contributed by atoms with Gasteiger partial charge in [0, 0.05) is 11.2 Å². The highest BCUT2D eigenvalue weighted by molar-refractivity contribution is 6.84. The molecular weight excluding hydrogens is 533 g/mol. The fraction of sp³-hybridized carbons (Fsp3) is 0.225. The van der Waals surface area contributed by atoms with Crippen molar-refractivity contribution in [3.8, 4) is 17.1 Å². The first-order valence-electron chi connectivity index (χ1n) is 15.7. The summed E-state index contributed by atoms with van der Waals surface area (Å²) in [6.07, 6.45) is 4.38. The van der Waals surface area contributed by atoms with E-state index in [-0.39, 0.29) is 12.3 Å². The van der Waals surface area contributed by atoms with Gasteiger partial charge in [-0.1, -0.05) is 92.6 Å². The predicted molar refractivity (Wildman–Crippen MR) is 190 cm³/mol. The van der Waals surface area contributed by atoms with E-state index in [4.69, 9.17) is 4.98 Å². The number of imidazole rings is 1. The van der Waals surface area contributed by atoms with E-state index in [0.717, 1.165) is 17.1 Å². The molecule has 1 aliphatic rings. The zero-order chi connectivity index (χ0) is 30.9. The largest absolute Gasteiger partial charge is 0.414 e. The fourth-order valence-corrected chi connectivity index (χ4v) is 7.28. The van der Waals surface area contributed by atoms with Crippen LogP contribution in [0.4, 0.5) is 0 Å². The van der Waals surface area contributed by atoms with Gasteiger partial charge in [-0.05, 0) is 120 Å². The molecule has 218 valence electrons. The van der Waals surface area contributed by atoms with Crippen molar-refractivity contribution in [1.29, 1.82) is 0 Å². The maximum absolute atomic E-state index is 5.49. The molecule has 44 heavy (non-hydrogen) atoms. The van der Waals surface area contributed by atoms with Gasteiger partial charge in [0.25, 0.3) is 0 Å². The lowest BCUT2D eigenvalue weighted by molar-refractivity contribution is 0.596. The van der Waals surface area contributed by atoms with Gasteiger partial charge in [0.1, 0.15) is 5.82 Å². The Hall–Kier alpha value is -4.57. The Labute approximate surface area is 262 Å². The van der Waals surface area contributed by atoms with Gasteiger partial charge >= 0.3 is 6.85 Å². The topological polar surface area (TPSA) is 21.1 Å². The van der Waals surface area contributed by atoms with Crippen LogP contribution in [-0.2, 0) is 5.41 Å². The number of rotatable bonds is 3. The SMILES string of the molecule is Cc1cccc(C)c1B1c2c(nc(-c3cc(C(C)(C)C)c4cc5ccccc5cc4c3)n2-c2c(C)cccc2C)C=CN1C. The molecule has 6 aromatic rings. The Kier molecular flexibility index (Phi) is 6.58. The lowest BCUT2D eigenvalue weighted by Gasteiger charge is -2.31. The lowest BCUT2D eigenvalue weighted by Crippen LogP contribution is -2.59. The van der Waals surface area contributed by atoms with E-state index in [1.165, 1.54) is 66.1 Å². The highest BCUT2D eigenvalue weighted by atomic mass is 15.1. The normalized spacial score (nSPS) is 13.3. The minimum absolute atomic E-state index is 0.0305. The van der Waals surface area contributed by atoms with Crippen molar-refractivity contribution in [3.05, 3.63) is 125 Å². The molecule has 0 unspecified atom stereocenters. The van der Waals surface area contributed by atoms with Gasteiger partial charge in [0.05, 0.1) is 11.4 Å². The van der Waals surface area contributed by atoms with Crippen LogP contribution in [0.25, 0.3) is 44.7 Å². The van der Waals surface area contributed by atoms with E-state index in [9.17, 15) is 0 Å². The Morgan fingerprint density at radius 1 is 0.682 bits per heavy atom. The monoisotopic (exact) mass is 573 g/mol. The van der Waals surface area contributed by atoms with Crippen molar-refractivity contribution in [2.45, 2.75) is 53.9 Å². The number of hydrogen-bond donors (Lipinski definition) is 0. The summed E-state index contributed by atoms with van der Waals surface area (Å²) in [5, 5.41) is 5.09. The highest BCUT2D eigenvalue weighted by Crippen LogP contribution is 2.38. The number of benzene rings is 5. The third kappa shape index (κ3) is 4.47. The van der Waals surface area contributed by atoms with Crippen LogP contribution < -0.4 is 11.1 Å². The third-order valence-corrected chi connectivity index (χ3v) is 9.44. The zero-order valence-electron chi connectivity index (χ0n) is 27.2. The molecular formula is C40H40BN3. The van der Waals surface area contributed by atoms with Crippen molar-refractivity contribution in [1.82, 2.24) is 14.4 Å². The standard InChI is InChI=1S/C40H40BN3/c1-25-13-11-14-26(2)36(25)41-38-35(19-20-43(41)8)42-39(44(38)37-27(3)15-12-16-28(37)4)32-22-31-21-29-17-9-10-18-30(29)23-33(31)34(24-32)40(5,6)7/h9-24H,1-8H3. The van der Waals surface area contributed by atoms with Crippen LogP contribution >= 0.6 is 0 Å². The number of aryl methyl sites for hydroxylation is 4. The molecule has 0 fully saturated rings. The van der Waals surface area contributed by atoms with Crippen molar-refractivity contribution in [2.75, 3.05) is 7.05 Å². The summed E-state index contributed by atoms with van der Waals surface area (Å²) >= 11 is 0. The molecule has 4 heteroatoms. The molecule has 2 heterocycles. The van der Waals surface area contributed by atoms with Crippen molar-refractivity contribution in [3.63, 3.8) is 0 Å². The predicted octanol–water partition coefficient (Wildman–Crippen LogP) is 8.40. The Balaban J connectivity index is 1.60. The Morgan fingerprint density at radius 3 is 1.93 bits per heavy atom. The molecule has 0 aliphatic carbocycles. The van der Waals surface area contributed by atoms with Crippen molar-refractivity contribution in [2.24, 2.45) is 0 Å². The summed E-state index contributed by atoms with van der Waals surface area (Å²) in [6.45, 7) is 15.9. The molecule has 0 saturated carbocycles. The van der Waals surface area contributed by atoms with Crippen LogP contribution in [0.15, 0.2) is 91.1 Å². The number of hydrogen-bond acceptors (Lipinski definition) is 2. The minimum atomic E-state index is -0.0484. The lowest BCUT2D eigenvalue weighted by atomic mass is 9.48. The van der Waals surface area contributed by atoms with Gasteiger partial charge in [-0.3, -0.25) is 0 Å². The smallest absolute Gasteiger partial charge is 0.344 e. The molecule has 0 atom stereocenters. The molecule has 0 spiro atoms. The average molecular weight is 574 g/mol. The Morgan fingerprint density at radius 2 is 1.30 bits per heavy atom. The molecule has 1 aromatic heterocycles. The second-order valence-corrected chi connectivity index (χ2v) is 13.7. The molecule has 0 radical (unpaired) electrons. The van der Waals surface area contributed by atoms with Crippen molar-refractivity contribution >= 4 is 45.5 Å². The summed E-state index contributed by atoms with van der Waals surface area (Å²) in [5.41, 5.74) is 12.3. The number of nitrogens with zero attached hydrogens (tertiary/aromatic N) is 3. The van der Waals surface area contributed by atoms with E-state index in [0.29, 0.717) is 0 Å². The number of para-hydroxylation sites is 1. The van der Waals surface area contributed by atoms with Gasteiger partial charge < -0.3 is 9.38 Å². The van der Waals surface area contributed by atoms with Crippen LogP contribution in [0.3, 0.4) is 0 Å². The summed E-state index contributed by atoms with van der Waals surface area (Å²) in [5.74, 6) is 0.990. The van der Waals surface area contributed by atoms with Crippen LogP contribution in [0.1, 0.15) is 54.3 Å². The van der Waals surface area contributed by atoms with E-state index >= 15 is 0 Å². The summed E-state index contributed by atoms with van der Waals surface area (Å²) in [6, 6.07) is 31.4. The maximum atomic E-state index is 5.49. The average Bonchev–Trinajstić information content (AvgIpc) is 3.35. The molecule has 5 aromatic carbocycles. The first-order valence-corrected chi connectivity index (χ1v) is 15.7. The quantitative estimate of drug-likeness (QED) is 0.157. The molecule has 0 amide bonds. The second-order valence-electron chi connectivity index (χ2n) is 13.7. The van der Waals surface area contributed by atoms with Gasteiger partial charge in [0.2, 0.25) is 0 Å². The van der Waals surface area contributed by atoms with Crippen LogP contribution in [-0.4, -0.2) is 28.3 Å². The van der Waals surface area contributed by atoms with Crippen LogP contribution in [0.5, 0.6) is 0 Å². The molecule has 0 saturated heterocycles. The summed E-state index contributed by atoms with van der Waals surface area (Å²) in [7, 11) is 2.19. The fourth-order valence-electron chi connectivity index (χ4n) is 7.28. The molecule has 3 nitrogen and oxygen atoms in total. The zero-order valence-corrected chi connectivity index (χ0v) is 27.2. The molecule has 1 aliphatic heterocycles. The third-order valence-electron chi connectivity index (χ3n) is 9.44. The van der Waals surface area contributed by atoms with E-state index in [2.05, 4.69) is 162 Å². The number of fused-ring (bicyclic) bond motifs is 3. The Bertz CT molecular complexity index is 2090. The van der Waals surface area contributed by atoms with Crippen LogP contribution in [0, 0.1) is 27.7 Å². The van der Waals surface area contributed by atoms with E-state index < -0.39 is 0 Å². The van der Waals surface area contributed by atoms with E-state index in [1.54, 1.807) is 0 Å². The van der Waals surface area contributed by atoms with Crippen LogP contribution in [0.2, 0.25) is 0 Å². The highest BCUT2D eigenvalue weighted by Gasteiger charge is 2.37. The molecule has 0 N–H and O–H groups in total. The van der Waals surface area contributed by atoms with Gasteiger partial charge in [0.15, 0.2) is 0 Å². The number of aromatic nitrogens is 2.